The van der Waals surface area contributed by atoms with Crippen molar-refractivity contribution in [2.75, 3.05) is 12.4 Å². The fourth-order valence-electron chi connectivity index (χ4n) is 1.11. The number of methoxy groups -OCH3 is 1. The Morgan fingerprint density at radius 3 is 2.36 bits per heavy atom. The molecule has 0 fully saturated rings. The van der Waals surface area contributed by atoms with Crippen LogP contribution in [0.25, 0.3) is 0 Å². The van der Waals surface area contributed by atoms with Crippen molar-refractivity contribution in [2.45, 2.75) is 19.9 Å². The van der Waals surface area contributed by atoms with E-state index in [4.69, 9.17) is 4.74 Å². The Morgan fingerprint density at radius 1 is 1.21 bits per heavy atom. The van der Waals surface area contributed by atoms with Crippen LogP contribution in [0.1, 0.15) is 13.8 Å². The lowest BCUT2D eigenvalue weighted by molar-refractivity contribution is 0.412. The molecule has 2 nitrogen and oxygen atoms in total. The predicted octanol–water partition coefficient (Wildman–Crippen LogP) is 4.04. The van der Waals surface area contributed by atoms with E-state index in [1.54, 1.807) is 7.11 Å². The molecule has 4 heteroatoms. The van der Waals surface area contributed by atoms with Crippen molar-refractivity contribution >= 4 is 37.5 Å². The maximum absolute atomic E-state index is 5.21. The van der Waals surface area contributed by atoms with E-state index >= 15 is 0 Å². The van der Waals surface area contributed by atoms with Gasteiger partial charge in [0.15, 0.2) is 0 Å². The summed E-state index contributed by atoms with van der Waals surface area (Å²) in [6.45, 7) is 4.20. The van der Waals surface area contributed by atoms with E-state index in [0.717, 1.165) is 20.4 Å². The number of nitrogens with one attached hydrogen (secondary N) is 1. The van der Waals surface area contributed by atoms with Crippen LogP contribution in [0.2, 0.25) is 0 Å². The normalized spacial score (nSPS) is 10.4. The molecule has 0 aliphatic rings. The second-order valence-corrected chi connectivity index (χ2v) is 4.97. The summed E-state index contributed by atoms with van der Waals surface area (Å²) in [5.41, 5.74) is 1.04. The summed E-state index contributed by atoms with van der Waals surface area (Å²) >= 11 is 6.92. The van der Waals surface area contributed by atoms with Crippen LogP contribution in [0.3, 0.4) is 0 Å². The highest BCUT2D eigenvalue weighted by molar-refractivity contribution is 9.11. The van der Waals surface area contributed by atoms with E-state index in [2.05, 4.69) is 51.0 Å². The number of halogens is 2. The minimum absolute atomic E-state index is 0.400. The number of ether oxygens (including phenoxy) is 1. The van der Waals surface area contributed by atoms with Gasteiger partial charge < -0.3 is 10.1 Å². The van der Waals surface area contributed by atoms with Gasteiger partial charge in [-0.1, -0.05) is 0 Å². The number of benzene rings is 1. The predicted molar refractivity (Wildman–Crippen MR) is 67.2 cm³/mol. The molecule has 0 heterocycles. The molecule has 0 bridgehead atoms. The number of anilines is 1. The summed E-state index contributed by atoms with van der Waals surface area (Å²) in [5.74, 6) is 0.830. The number of hydrogen-bond donors (Lipinski definition) is 1. The highest BCUT2D eigenvalue weighted by Gasteiger charge is 2.07. The fraction of sp³-hybridized carbons (Fsp3) is 0.400. The molecule has 0 radical (unpaired) electrons. The van der Waals surface area contributed by atoms with Crippen molar-refractivity contribution < 1.29 is 4.74 Å². The van der Waals surface area contributed by atoms with Crippen LogP contribution in [-0.4, -0.2) is 13.2 Å². The van der Waals surface area contributed by atoms with Gasteiger partial charge in [0.2, 0.25) is 0 Å². The van der Waals surface area contributed by atoms with Crippen LogP contribution >= 0.6 is 31.9 Å². The molecular formula is C10H13Br2NO. The summed E-state index contributed by atoms with van der Waals surface area (Å²) in [6.07, 6.45) is 0. The molecule has 78 valence electrons. The van der Waals surface area contributed by atoms with E-state index in [1.165, 1.54) is 0 Å². The van der Waals surface area contributed by atoms with Gasteiger partial charge in [0.1, 0.15) is 5.75 Å². The first-order valence-corrected chi connectivity index (χ1v) is 5.92. The second-order valence-electron chi connectivity index (χ2n) is 3.27. The van der Waals surface area contributed by atoms with Gasteiger partial charge in [0, 0.05) is 16.6 Å². The van der Waals surface area contributed by atoms with Gasteiger partial charge in [-0.25, -0.2) is 0 Å². The molecular weight excluding hydrogens is 310 g/mol. The topological polar surface area (TPSA) is 21.3 Å². The lowest BCUT2D eigenvalue weighted by Gasteiger charge is -2.14. The Bertz CT molecular complexity index is 326. The van der Waals surface area contributed by atoms with Gasteiger partial charge in [-0.2, -0.15) is 0 Å². The molecule has 1 rings (SSSR count). The van der Waals surface area contributed by atoms with Crippen LogP contribution in [0.15, 0.2) is 21.1 Å². The Balaban J connectivity index is 3.04. The summed E-state index contributed by atoms with van der Waals surface area (Å²) in [6, 6.07) is 4.34. The zero-order valence-electron chi connectivity index (χ0n) is 8.40. The molecule has 0 saturated heterocycles. The Morgan fingerprint density at radius 2 is 1.86 bits per heavy atom. The zero-order valence-corrected chi connectivity index (χ0v) is 11.6. The van der Waals surface area contributed by atoms with E-state index < -0.39 is 0 Å². The van der Waals surface area contributed by atoms with Gasteiger partial charge in [-0.3, -0.25) is 0 Å². The van der Waals surface area contributed by atoms with Gasteiger partial charge >= 0.3 is 0 Å². The van der Waals surface area contributed by atoms with Crippen molar-refractivity contribution in [3.05, 3.63) is 21.1 Å². The minimum Gasteiger partial charge on any atom is -0.495 e. The van der Waals surface area contributed by atoms with E-state index in [1.807, 2.05) is 12.1 Å². The van der Waals surface area contributed by atoms with Crippen molar-refractivity contribution in [3.63, 3.8) is 0 Å². The Labute approximate surface area is 101 Å². The summed E-state index contributed by atoms with van der Waals surface area (Å²) in [4.78, 5) is 0. The third kappa shape index (κ3) is 2.89. The maximum Gasteiger partial charge on any atom is 0.135 e. The first-order valence-electron chi connectivity index (χ1n) is 4.34. The van der Waals surface area contributed by atoms with Crippen LogP contribution < -0.4 is 10.1 Å². The van der Waals surface area contributed by atoms with Gasteiger partial charge in [-0.15, -0.1) is 0 Å². The third-order valence-corrected chi connectivity index (χ3v) is 2.96. The lowest BCUT2D eigenvalue weighted by atomic mass is 10.2. The highest BCUT2D eigenvalue weighted by Crippen LogP contribution is 2.34. The molecule has 1 N–H and O–H groups in total. The minimum atomic E-state index is 0.400. The quantitative estimate of drug-likeness (QED) is 0.906. The smallest absolute Gasteiger partial charge is 0.135 e. The monoisotopic (exact) mass is 321 g/mol. The molecule has 14 heavy (non-hydrogen) atoms. The molecule has 0 aliphatic heterocycles. The van der Waals surface area contributed by atoms with Crippen molar-refractivity contribution in [1.82, 2.24) is 0 Å². The number of hydrogen-bond acceptors (Lipinski definition) is 2. The average molecular weight is 323 g/mol. The molecule has 0 aromatic heterocycles. The molecule has 0 amide bonds. The maximum atomic E-state index is 5.21. The Kier molecular flexibility index (Phi) is 4.26. The largest absolute Gasteiger partial charge is 0.495 e. The first kappa shape index (κ1) is 11.9. The van der Waals surface area contributed by atoms with Crippen LogP contribution in [0.5, 0.6) is 5.75 Å². The molecule has 0 atom stereocenters. The zero-order chi connectivity index (χ0) is 10.7. The third-order valence-electron chi connectivity index (χ3n) is 1.69. The molecule has 0 saturated carbocycles. The van der Waals surface area contributed by atoms with Crippen LogP contribution in [0, 0.1) is 0 Å². The summed E-state index contributed by atoms with van der Waals surface area (Å²) < 4.78 is 7.19. The summed E-state index contributed by atoms with van der Waals surface area (Å²) in [7, 11) is 1.66. The average Bonchev–Trinajstić information content (AvgIpc) is 2.09. The van der Waals surface area contributed by atoms with Gasteiger partial charge in [-0.05, 0) is 51.8 Å². The molecule has 0 spiro atoms. The number of rotatable bonds is 3. The van der Waals surface area contributed by atoms with Crippen molar-refractivity contribution in [1.29, 1.82) is 0 Å². The molecule has 1 aromatic rings. The lowest BCUT2D eigenvalue weighted by Crippen LogP contribution is -2.10. The van der Waals surface area contributed by atoms with Crippen molar-refractivity contribution in [2.24, 2.45) is 0 Å². The molecule has 0 unspecified atom stereocenters. The molecule has 0 aliphatic carbocycles. The van der Waals surface area contributed by atoms with Gasteiger partial charge in [0.05, 0.1) is 17.3 Å². The van der Waals surface area contributed by atoms with Crippen LogP contribution in [-0.2, 0) is 0 Å². The van der Waals surface area contributed by atoms with E-state index in [9.17, 15) is 0 Å². The standard InChI is InChI=1S/C10H13Br2NO/c1-6(2)13-9-5-10(14-3)8(12)4-7(9)11/h4-6,13H,1-3H3. The van der Waals surface area contributed by atoms with Gasteiger partial charge in [0.25, 0.3) is 0 Å². The van der Waals surface area contributed by atoms with Crippen LogP contribution in [0.4, 0.5) is 5.69 Å². The summed E-state index contributed by atoms with van der Waals surface area (Å²) in [5, 5.41) is 3.33. The fourth-order valence-corrected chi connectivity index (χ4v) is 2.38. The second kappa shape index (κ2) is 5.03. The Hall–Kier alpha value is -0.220. The van der Waals surface area contributed by atoms with E-state index in [-0.39, 0.29) is 0 Å². The SMILES string of the molecule is COc1cc(NC(C)C)c(Br)cc1Br. The van der Waals surface area contributed by atoms with E-state index in [0.29, 0.717) is 6.04 Å². The molecule has 1 aromatic carbocycles. The van der Waals surface area contributed by atoms with Crippen molar-refractivity contribution in [3.8, 4) is 5.75 Å². The first-order chi connectivity index (χ1) is 6.54. The highest BCUT2D eigenvalue weighted by atomic mass is 79.9.